The molecule has 1 aliphatic rings. The fraction of sp³-hybridized carbons (Fsp3) is 0.364. The number of amides is 2. The number of carbonyl (C=O) groups is 2. The van der Waals surface area contributed by atoms with E-state index in [1.807, 2.05) is 30.3 Å². The van der Waals surface area contributed by atoms with Gasteiger partial charge in [-0.15, -0.1) is 0 Å². The first-order valence-corrected chi connectivity index (χ1v) is 9.52. The van der Waals surface area contributed by atoms with E-state index in [9.17, 15) is 9.59 Å². The Bertz CT molecular complexity index is 753. The van der Waals surface area contributed by atoms with Crippen molar-refractivity contribution in [3.8, 4) is 11.5 Å². The smallest absolute Gasteiger partial charge is 0.240 e. The molecule has 27 heavy (non-hydrogen) atoms. The average molecular weight is 366 g/mol. The van der Waals surface area contributed by atoms with E-state index in [0.29, 0.717) is 11.4 Å². The van der Waals surface area contributed by atoms with Gasteiger partial charge < -0.3 is 15.0 Å². The lowest BCUT2D eigenvalue weighted by molar-refractivity contribution is -0.123. The van der Waals surface area contributed by atoms with Gasteiger partial charge in [0.1, 0.15) is 18.0 Å². The number of nitrogens with zero attached hydrogens (tertiary/aromatic N) is 1. The van der Waals surface area contributed by atoms with Gasteiger partial charge in [0.05, 0.1) is 0 Å². The summed E-state index contributed by atoms with van der Waals surface area (Å²) in [5.41, 5.74) is 0.682. The summed E-state index contributed by atoms with van der Waals surface area (Å²) >= 11 is 0. The maximum absolute atomic E-state index is 12.4. The first kappa shape index (κ1) is 19.0. The van der Waals surface area contributed by atoms with E-state index in [4.69, 9.17) is 4.74 Å². The predicted octanol–water partition coefficient (Wildman–Crippen LogP) is 4.28. The molecule has 0 radical (unpaired) electrons. The number of carbonyl (C=O) groups excluding carboxylic acids is 2. The van der Waals surface area contributed by atoms with Gasteiger partial charge in [-0.1, -0.05) is 37.5 Å². The molecule has 2 amide bonds. The van der Waals surface area contributed by atoms with Crippen molar-refractivity contribution in [1.82, 2.24) is 5.32 Å². The molecule has 0 atom stereocenters. The standard InChI is InChI=1S/C22H26N2O3/c1-17(25)24(16-22(26)23-18-8-4-2-5-9-18)19-12-14-21(15-13-19)27-20-10-6-3-7-11-20/h3,6-7,10-15,18H,2,4-5,8-9,16H2,1H3,(H,23,26). The molecular formula is C22H26N2O3. The van der Waals surface area contributed by atoms with Crippen molar-refractivity contribution in [2.75, 3.05) is 11.4 Å². The molecule has 0 aromatic heterocycles. The second kappa shape index (κ2) is 9.21. The molecule has 0 saturated heterocycles. The zero-order valence-electron chi connectivity index (χ0n) is 15.7. The van der Waals surface area contributed by atoms with Crippen LogP contribution in [0.3, 0.4) is 0 Å². The minimum atomic E-state index is -0.162. The minimum Gasteiger partial charge on any atom is -0.457 e. The number of para-hydroxylation sites is 1. The van der Waals surface area contributed by atoms with E-state index < -0.39 is 0 Å². The number of rotatable bonds is 6. The highest BCUT2D eigenvalue weighted by Gasteiger charge is 2.20. The zero-order valence-corrected chi connectivity index (χ0v) is 15.7. The van der Waals surface area contributed by atoms with Gasteiger partial charge in [0.15, 0.2) is 0 Å². The number of hydrogen-bond acceptors (Lipinski definition) is 3. The maximum Gasteiger partial charge on any atom is 0.240 e. The normalized spacial score (nSPS) is 14.4. The Kier molecular flexibility index (Phi) is 6.47. The number of benzene rings is 2. The van der Waals surface area contributed by atoms with Gasteiger partial charge in [-0.3, -0.25) is 9.59 Å². The SMILES string of the molecule is CC(=O)N(CC(=O)NC1CCCCC1)c1ccc(Oc2ccccc2)cc1. The lowest BCUT2D eigenvalue weighted by Crippen LogP contribution is -2.44. The monoisotopic (exact) mass is 366 g/mol. The summed E-state index contributed by atoms with van der Waals surface area (Å²) < 4.78 is 5.77. The van der Waals surface area contributed by atoms with Crippen LogP contribution >= 0.6 is 0 Å². The van der Waals surface area contributed by atoms with Gasteiger partial charge in [0.2, 0.25) is 11.8 Å². The van der Waals surface area contributed by atoms with Crippen LogP contribution in [0.4, 0.5) is 5.69 Å². The number of ether oxygens (including phenoxy) is 1. The molecule has 3 rings (SSSR count). The molecule has 2 aromatic rings. The van der Waals surface area contributed by atoms with E-state index in [2.05, 4.69) is 5.32 Å². The van der Waals surface area contributed by atoms with Crippen LogP contribution in [0, 0.1) is 0 Å². The third kappa shape index (κ3) is 5.58. The van der Waals surface area contributed by atoms with Gasteiger partial charge in [-0.2, -0.15) is 0 Å². The molecule has 0 heterocycles. The summed E-state index contributed by atoms with van der Waals surface area (Å²) in [4.78, 5) is 25.9. The molecule has 2 aromatic carbocycles. The second-order valence-corrected chi connectivity index (χ2v) is 6.92. The topological polar surface area (TPSA) is 58.6 Å². The Morgan fingerprint density at radius 2 is 1.59 bits per heavy atom. The minimum absolute atomic E-state index is 0.0325. The van der Waals surface area contributed by atoms with Crippen molar-refractivity contribution in [2.45, 2.75) is 45.1 Å². The fourth-order valence-electron chi connectivity index (χ4n) is 3.37. The van der Waals surface area contributed by atoms with Crippen LogP contribution in [0.15, 0.2) is 54.6 Å². The molecule has 0 spiro atoms. The van der Waals surface area contributed by atoms with E-state index in [1.54, 1.807) is 24.3 Å². The van der Waals surface area contributed by atoms with Crippen molar-refractivity contribution in [3.05, 3.63) is 54.6 Å². The second-order valence-electron chi connectivity index (χ2n) is 6.92. The average Bonchev–Trinajstić information content (AvgIpc) is 2.68. The van der Waals surface area contributed by atoms with E-state index >= 15 is 0 Å². The molecule has 5 nitrogen and oxygen atoms in total. The van der Waals surface area contributed by atoms with Crippen molar-refractivity contribution in [3.63, 3.8) is 0 Å². The molecule has 0 bridgehead atoms. The van der Waals surface area contributed by atoms with Crippen LogP contribution in [0.2, 0.25) is 0 Å². The Labute approximate surface area is 160 Å². The predicted molar refractivity (Wildman–Crippen MR) is 106 cm³/mol. The Hall–Kier alpha value is -2.82. The zero-order chi connectivity index (χ0) is 19.1. The van der Waals surface area contributed by atoms with Crippen molar-refractivity contribution in [1.29, 1.82) is 0 Å². The molecule has 1 fully saturated rings. The first-order chi connectivity index (χ1) is 13.1. The Balaban J connectivity index is 1.62. The molecular weight excluding hydrogens is 340 g/mol. The lowest BCUT2D eigenvalue weighted by atomic mass is 9.95. The fourth-order valence-corrected chi connectivity index (χ4v) is 3.37. The summed E-state index contributed by atoms with van der Waals surface area (Å²) in [5.74, 6) is 1.16. The summed E-state index contributed by atoms with van der Waals surface area (Å²) in [5, 5.41) is 3.06. The van der Waals surface area contributed by atoms with E-state index in [1.165, 1.54) is 18.2 Å². The number of anilines is 1. The van der Waals surface area contributed by atoms with Gasteiger partial charge in [-0.25, -0.2) is 0 Å². The summed E-state index contributed by atoms with van der Waals surface area (Å²) in [6, 6.07) is 16.9. The van der Waals surface area contributed by atoms with Crippen LogP contribution in [-0.2, 0) is 9.59 Å². The highest BCUT2D eigenvalue weighted by atomic mass is 16.5. The van der Waals surface area contributed by atoms with Crippen molar-refractivity contribution >= 4 is 17.5 Å². The Morgan fingerprint density at radius 3 is 2.22 bits per heavy atom. The lowest BCUT2D eigenvalue weighted by Gasteiger charge is -2.25. The maximum atomic E-state index is 12.4. The van der Waals surface area contributed by atoms with Crippen LogP contribution < -0.4 is 15.0 Å². The quantitative estimate of drug-likeness (QED) is 0.830. The highest BCUT2D eigenvalue weighted by Crippen LogP contribution is 2.24. The summed E-state index contributed by atoms with van der Waals surface area (Å²) in [6.45, 7) is 1.51. The van der Waals surface area contributed by atoms with Crippen LogP contribution in [0.5, 0.6) is 11.5 Å². The molecule has 1 N–H and O–H groups in total. The van der Waals surface area contributed by atoms with E-state index in [0.717, 1.165) is 31.4 Å². The van der Waals surface area contributed by atoms with Crippen molar-refractivity contribution < 1.29 is 14.3 Å². The summed E-state index contributed by atoms with van der Waals surface area (Å²) in [7, 11) is 0. The number of nitrogens with one attached hydrogen (secondary N) is 1. The van der Waals surface area contributed by atoms with Crippen LogP contribution in [0.25, 0.3) is 0 Å². The van der Waals surface area contributed by atoms with Gasteiger partial charge in [-0.05, 0) is 49.2 Å². The number of hydrogen-bond donors (Lipinski definition) is 1. The first-order valence-electron chi connectivity index (χ1n) is 9.52. The molecule has 5 heteroatoms. The van der Waals surface area contributed by atoms with Crippen LogP contribution in [-0.4, -0.2) is 24.4 Å². The molecule has 1 aliphatic carbocycles. The largest absolute Gasteiger partial charge is 0.457 e. The molecule has 1 saturated carbocycles. The third-order valence-electron chi connectivity index (χ3n) is 4.78. The van der Waals surface area contributed by atoms with Gasteiger partial charge >= 0.3 is 0 Å². The third-order valence-corrected chi connectivity index (χ3v) is 4.78. The summed E-state index contributed by atoms with van der Waals surface area (Å²) in [6.07, 6.45) is 5.60. The van der Waals surface area contributed by atoms with E-state index in [-0.39, 0.29) is 24.4 Å². The van der Waals surface area contributed by atoms with Crippen molar-refractivity contribution in [2.24, 2.45) is 0 Å². The Morgan fingerprint density at radius 1 is 0.963 bits per heavy atom. The highest BCUT2D eigenvalue weighted by molar-refractivity contribution is 5.97. The van der Waals surface area contributed by atoms with Crippen LogP contribution in [0.1, 0.15) is 39.0 Å². The van der Waals surface area contributed by atoms with Gasteiger partial charge in [0, 0.05) is 18.7 Å². The molecule has 0 aliphatic heterocycles. The molecule has 142 valence electrons. The molecule has 0 unspecified atom stereocenters. The van der Waals surface area contributed by atoms with Gasteiger partial charge in [0.25, 0.3) is 0 Å².